The maximum atomic E-state index is 12.2. The van der Waals surface area contributed by atoms with E-state index in [0.29, 0.717) is 0 Å². The second-order valence-electron chi connectivity index (χ2n) is 5.09. The Morgan fingerprint density at radius 1 is 0.913 bits per heavy atom. The monoisotopic (exact) mass is 341 g/mol. The van der Waals surface area contributed by atoms with E-state index >= 15 is 0 Å². The zero-order valence-electron chi connectivity index (χ0n) is 12.5. The van der Waals surface area contributed by atoms with E-state index in [0.717, 1.165) is 20.9 Å². The number of aryl methyl sites for hydroxylation is 1. The summed E-state index contributed by atoms with van der Waals surface area (Å²) >= 11 is 1.51. The van der Waals surface area contributed by atoms with Crippen molar-refractivity contribution >= 4 is 27.6 Å². The molecule has 0 aliphatic heterocycles. The van der Waals surface area contributed by atoms with Crippen LogP contribution >= 0.6 is 11.3 Å². The normalized spacial score (nSPS) is 11.9. The smallest absolute Gasteiger partial charge is 0.199 e. The summed E-state index contributed by atoms with van der Waals surface area (Å²) in [6.07, 6.45) is 1.41. The van der Waals surface area contributed by atoms with Crippen LogP contribution in [0.3, 0.4) is 0 Å². The molecule has 0 N–H and O–H groups in total. The molecule has 0 saturated carbocycles. The van der Waals surface area contributed by atoms with Gasteiger partial charge in [-0.1, -0.05) is 48.0 Å². The first kappa shape index (κ1) is 15.6. The molecule has 116 valence electrons. The maximum absolute atomic E-state index is 12.2. The molecule has 1 heterocycles. The maximum Gasteiger partial charge on any atom is 0.282 e. The number of rotatable bonds is 4. The van der Waals surface area contributed by atoms with Crippen LogP contribution in [0.4, 0.5) is 0 Å². The van der Waals surface area contributed by atoms with E-state index in [-0.39, 0.29) is 4.90 Å². The summed E-state index contributed by atoms with van der Waals surface area (Å²) in [5, 5.41) is 0. The molecule has 3 aromatic rings. The standard InChI is InChI=1S/C18H15NO2S2/c1-14-7-10-17(11-8-14)23(20,21)19-13-16-9-12-18(22-16)15-5-3-2-4-6-15/h2-13H,1H3/b19-13+. The number of hydrogen-bond acceptors (Lipinski definition) is 3. The van der Waals surface area contributed by atoms with Crippen LogP contribution in [0.25, 0.3) is 10.4 Å². The molecule has 0 unspecified atom stereocenters. The quantitative estimate of drug-likeness (QED) is 0.655. The van der Waals surface area contributed by atoms with Gasteiger partial charge in [0.05, 0.1) is 11.1 Å². The number of hydrogen-bond donors (Lipinski definition) is 0. The second-order valence-corrected chi connectivity index (χ2v) is 7.84. The Balaban J connectivity index is 1.83. The third-order valence-electron chi connectivity index (χ3n) is 3.32. The average molecular weight is 341 g/mol. The van der Waals surface area contributed by atoms with Crippen molar-refractivity contribution in [3.05, 3.63) is 77.2 Å². The van der Waals surface area contributed by atoms with Crippen LogP contribution in [-0.4, -0.2) is 14.6 Å². The van der Waals surface area contributed by atoms with Crippen molar-refractivity contribution in [2.24, 2.45) is 4.40 Å². The Morgan fingerprint density at radius 3 is 2.30 bits per heavy atom. The lowest BCUT2D eigenvalue weighted by Gasteiger charge is -1.98. The van der Waals surface area contributed by atoms with Crippen LogP contribution in [0.1, 0.15) is 10.4 Å². The predicted molar refractivity (Wildman–Crippen MR) is 95.7 cm³/mol. The Bertz CT molecular complexity index is 925. The highest BCUT2D eigenvalue weighted by Crippen LogP contribution is 2.27. The highest BCUT2D eigenvalue weighted by atomic mass is 32.2. The van der Waals surface area contributed by atoms with Crippen molar-refractivity contribution < 1.29 is 8.42 Å². The average Bonchev–Trinajstić information content (AvgIpc) is 3.03. The van der Waals surface area contributed by atoms with Gasteiger partial charge in [0, 0.05) is 9.75 Å². The highest BCUT2D eigenvalue weighted by Gasteiger charge is 2.11. The molecule has 23 heavy (non-hydrogen) atoms. The molecule has 0 fully saturated rings. The van der Waals surface area contributed by atoms with Crippen LogP contribution in [0, 0.1) is 6.92 Å². The molecule has 3 rings (SSSR count). The SMILES string of the molecule is Cc1ccc(S(=O)(=O)/N=C/c2ccc(-c3ccccc3)s2)cc1. The Hall–Kier alpha value is -2.24. The number of thiophene rings is 1. The van der Waals surface area contributed by atoms with Crippen molar-refractivity contribution in [3.63, 3.8) is 0 Å². The van der Waals surface area contributed by atoms with Crippen LogP contribution < -0.4 is 0 Å². The molecular weight excluding hydrogens is 326 g/mol. The third kappa shape index (κ3) is 3.75. The predicted octanol–water partition coefficient (Wildman–Crippen LogP) is 4.53. The Kier molecular flexibility index (Phi) is 4.41. The summed E-state index contributed by atoms with van der Waals surface area (Å²) in [6, 6.07) is 20.5. The largest absolute Gasteiger partial charge is 0.282 e. The van der Waals surface area contributed by atoms with E-state index < -0.39 is 10.0 Å². The zero-order chi connectivity index (χ0) is 16.3. The molecular formula is C18H15NO2S2. The minimum absolute atomic E-state index is 0.208. The minimum Gasteiger partial charge on any atom is -0.199 e. The highest BCUT2D eigenvalue weighted by molar-refractivity contribution is 7.90. The van der Waals surface area contributed by atoms with Gasteiger partial charge in [-0.25, -0.2) is 0 Å². The lowest BCUT2D eigenvalue weighted by molar-refractivity contribution is 0.598. The molecule has 0 bridgehead atoms. The molecule has 0 aliphatic carbocycles. The van der Waals surface area contributed by atoms with E-state index in [1.54, 1.807) is 24.3 Å². The third-order valence-corrected chi connectivity index (χ3v) is 5.64. The Morgan fingerprint density at radius 2 is 1.61 bits per heavy atom. The van der Waals surface area contributed by atoms with Gasteiger partial charge in [-0.3, -0.25) is 0 Å². The van der Waals surface area contributed by atoms with Gasteiger partial charge < -0.3 is 0 Å². The van der Waals surface area contributed by atoms with Gasteiger partial charge in [0.25, 0.3) is 10.0 Å². The van der Waals surface area contributed by atoms with Crippen LogP contribution in [0.15, 0.2) is 76.0 Å². The van der Waals surface area contributed by atoms with E-state index in [2.05, 4.69) is 4.40 Å². The van der Waals surface area contributed by atoms with E-state index in [1.807, 2.05) is 49.4 Å². The summed E-state index contributed by atoms with van der Waals surface area (Å²) in [4.78, 5) is 2.10. The summed E-state index contributed by atoms with van der Waals surface area (Å²) < 4.78 is 28.2. The van der Waals surface area contributed by atoms with Crippen LogP contribution in [0.5, 0.6) is 0 Å². The van der Waals surface area contributed by atoms with E-state index in [4.69, 9.17) is 0 Å². The van der Waals surface area contributed by atoms with Crippen molar-refractivity contribution in [2.75, 3.05) is 0 Å². The van der Waals surface area contributed by atoms with Crippen LogP contribution in [-0.2, 0) is 10.0 Å². The summed E-state index contributed by atoms with van der Waals surface area (Å²) in [7, 11) is -3.65. The molecule has 0 saturated heterocycles. The summed E-state index contributed by atoms with van der Waals surface area (Å²) in [5.41, 5.74) is 2.12. The molecule has 0 aliphatic rings. The molecule has 3 nitrogen and oxygen atoms in total. The van der Waals surface area contributed by atoms with E-state index in [1.165, 1.54) is 17.6 Å². The fraction of sp³-hybridized carbons (Fsp3) is 0.0556. The summed E-state index contributed by atoms with van der Waals surface area (Å²) in [6.45, 7) is 1.91. The number of sulfonamides is 1. The van der Waals surface area contributed by atoms with Gasteiger partial charge in [-0.15, -0.1) is 11.3 Å². The van der Waals surface area contributed by atoms with Gasteiger partial charge in [0.2, 0.25) is 0 Å². The van der Waals surface area contributed by atoms with Crippen molar-refractivity contribution in [1.29, 1.82) is 0 Å². The first-order valence-electron chi connectivity index (χ1n) is 7.07. The zero-order valence-corrected chi connectivity index (χ0v) is 14.1. The molecule has 0 amide bonds. The topological polar surface area (TPSA) is 46.5 Å². The molecule has 0 radical (unpaired) electrons. The molecule has 2 aromatic carbocycles. The lowest BCUT2D eigenvalue weighted by Crippen LogP contribution is -1.97. The van der Waals surface area contributed by atoms with Gasteiger partial charge >= 0.3 is 0 Å². The second kappa shape index (κ2) is 6.48. The number of nitrogens with zero attached hydrogens (tertiary/aromatic N) is 1. The van der Waals surface area contributed by atoms with Gasteiger partial charge in [0.1, 0.15) is 0 Å². The fourth-order valence-electron chi connectivity index (χ4n) is 2.07. The molecule has 1 aromatic heterocycles. The van der Waals surface area contributed by atoms with Gasteiger partial charge in [-0.05, 0) is 36.8 Å². The number of benzene rings is 2. The Labute approximate surface area is 140 Å². The summed E-state index contributed by atoms with van der Waals surface area (Å²) in [5.74, 6) is 0. The lowest BCUT2D eigenvalue weighted by atomic mass is 10.2. The molecule has 0 spiro atoms. The van der Waals surface area contributed by atoms with Crippen LogP contribution in [0.2, 0.25) is 0 Å². The molecule has 5 heteroatoms. The first-order chi connectivity index (χ1) is 11.0. The molecule has 0 atom stereocenters. The first-order valence-corrected chi connectivity index (χ1v) is 9.32. The van der Waals surface area contributed by atoms with Crippen molar-refractivity contribution in [3.8, 4) is 10.4 Å². The minimum atomic E-state index is -3.65. The van der Waals surface area contributed by atoms with Crippen molar-refractivity contribution in [1.82, 2.24) is 0 Å². The van der Waals surface area contributed by atoms with Crippen molar-refractivity contribution in [2.45, 2.75) is 11.8 Å². The van der Waals surface area contributed by atoms with E-state index in [9.17, 15) is 8.42 Å². The van der Waals surface area contributed by atoms with Gasteiger partial charge in [-0.2, -0.15) is 12.8 Å². The fourth-order valence-corrected chi connectivity index (χ4v) is 3.88. The van der Waals surface area contributed by atoms with Gasteiger partial charge in [0.15, 0.2) is 0 Å².